The van der Waals surface area contributed by atoms with Crippen LogP contribution in [0.4, 0.5) is 0 Å². The lowest BCUT2D eigenvalue weighted by Crippen LogP contribution is -2.24. The zero-order chi connectivity index (χ0) is 9.84. The number of hydrogen-bond donors (Lipinski definition) is 1. The molecule has 1 atom stereocenters. The average molecular weight is 289 g/mol. The second-order valence-corrected chi connectivity index (χ2v) is 4.11. The van der Waals surface area contributed by atoms with E-state index in [1.807, 2.05) is 31.2 Å². The van der Waals surface area contributed by atoms with Crippen LogP contribution in [-0.4, -0.2) is 5.91 Å². The number of amides is 1. The molecule has 3 heteroatoms. The Kier molecular flexibility index (Phi) is 3.71. The summed E-state index contributed by atoms with van der Waals surface area (Å²) in [5.74, 6) is 0.00662. The molecule has 0 radical (unpaired) electrons. The fraction of sp³-hybridized carbons (Fsp3) is 0.300. The van der Waals surface area contributed by atoms with Crippen LogP contribution < -0.4 is 5.32 Å². The van der Waals surface area contributed by atoms with Gasteiger partial charge in [-0.25, -0.2) is 0 Å². The average Bonchev–Trinajstić information content (AvgIpc) is 2.03. The van der Waals surface area contributed by atoms with Crippen LogP contribution >= 0.6 is 22.6 Å². The Balaban J connectivity index is 2.82. The summed E-state index contributed by atoms with van der Waals surface area (Å²) in [7, 11) is 0. The van der Waals surface area contributed by atoms with Gasteiger partial charge in [-0.05, 0) is 41.1 Å². The van der Waals surface area contributed by atoms with Gasteiger partial charge < -0.3 is 5.32 Å². The van der Waals surface area contributed by atoms with Gasteiger partial charge in [-0.3, -0.25) is 4.79 Å². The van der Waals surface area contributed by atoms with Crippen molar-refractivity contribution in [2.24, 2.45) is 0 Å². The highest BCUT2D eigenvalue weighted by atomic mass is 127. The fourth-order valence-electron chi connectivity index (χ4n) is 1.21. The highest BCUT2D eigenvalue weighted by molar-refractivity contribution is 14.1. The number of benzene rings is 1. The second kappa shape index (κ2) is 4.60. The third kappa shape index (κ3) is 2.99. The Hall–Kier alpha value is -0.580. The molecule has 0 aliphatic carbocycles. The molecule has 1 rings (SSSR count). The minimum absolute atomic E-state index is 0.00662. The number of hydrogen-bond acceptors (Lipinski definition) is 1. The molecule has 0 fully saturated rings. The number of carbonyl (C=O) groups excluding carboxylic acids is 1. The van der Waals surface area contributed by atoms with Crippen LogP contribution in [0.1, 0.15) is 25.5 Å². The van der Waals surface area contributed by atoms with Crippen LogP contribution in [0.25, 0.3) is 0 Å². The van der Waals surface area contributed by atoms with Crippen LogP contribution in [0.3, 0.4) is 0 Å². The summed E-state index contributed by atoms with van der Waals surface area (Å²) in [6.07, 6.45) is 0. The summed E-state index contributed by atoms with van der Waals surface area (Å²) < 4.78 is 1.18. The maximum atomic E-state index is 10.8. The zero-order valence-electron chi connectivity index (χ0n) is 7.67. The Bertz CT molecular complexity index is 312. The van der Waals surface area contributed by atoms with Gasteiger partial charge in [-0.1, -0.05) is 18.2 Å². The molecule has 0 aliphatic heterocycles. The van der Waals surface area contributed by atoms with Gasteiger partial charge in [-0.15, -0.1) is 0 Å². The van der Waals surface area contributed by atoms with Crippen LogP contribution in [0, 0.1) is 3.57 Å². The summed E-state index contributed by atoms with van der Waals surface area (Å²) in [5.41, 5.74) is 1.17. The lowest BCUT2D eigenvalue weighted by molar-refractivity contribution is -0.119. The zero-order valence-corrected chi connectivity index (χ0v) is 9.83. The first kappa shape index (κ1) is 10.5. The van der Waals surface area contributed by atoms with Crippen LogP contribution in [-0.2, 0) is 4.79 Å². The largest absolute Gasteiger partial charge is 0.350 e. The van der Waals surface area contributed by atoms with E-state index in [1.54, 1.807) is 0 Å². The summed E-state index contributed by atoms with van der Waals surface area (Å²) in [6, 6.07) is 8.13. The molecule has 0 aromatic heterocycles. The normalized spacial score (nSPS) is 12.2. The summed E-state index contributed by atoms with van der Waals surface area (Å²) >= 11 is 2.27. The molecule has 2 nitrogen and oxygen atoms in total. The van der Waals surface area contributed by atoms with Crippen molar-refractivity contribution in [2.45, 2.75) is 19.9 Å². The first-order valence-electron chi connectivity index (χ1n) is 4.13. The molecule has 70 valence electrons. The number of rotatable bonds is 2. The van der Waals surface area contributed by atoms with E-state index in [0.29, 0.717) is 0 Å². The molecular formula is C10H12INO. The third-order valence-corrected chi connectivity index (χ3v) is 2.77. The maximum absolute atomic E-state index is 10.8. The van der Waals surface area contributed by atoms with Gasteiger partial charge >= 0.3 is 0 Å². The summed E-state index contributed by atoms with van der Waals surface area (Å²) in [6.45, 7) is 3.52. The van der Waals surface area contributed by atoms with E-state index in [1.165, 1.54) is 16.1 Å². The Morgan fingerprint density at radius 2 is 2.08 bits per heavy atom. The number of nitrogens with one attached hydrogen (secondary N) is 1. The van der Waals surface area contributed by atoms with E-state index < -0.39 is 0 Å². The van der Waals surface area contributed by atoms with E-state index in [2.05, 4.69) is 27.9 Å². The SMILES string of the molecule is CC(=O)NC(C)c1ccccc1I. The quantitative estimate of drug-likeness (QED) is 0.833. The molecule has 0 aliphatic rings. The predicted octanol–water partition coefficient (Wildman–Crippen LogP) is 2.49. The minimum Gasteiger partial charge on any atom is -0.350 e. The number of carbonyl (C=O) groups is 1. The van der Waals surface area contributed by atoms with E-state index in [4.69, 9.17) is 0 Å². The maximum Gasteiger partial charge on any atom is 0.217 e. The van der Waals surface area contributed by atoms with Crippen LogP contribution in [0.2, 0.25) is 0 Å². The minimum atomic E-state index is 0.00662. The number of halogens is 1. The van der Waals surface area contributed by atoms with Gasteiger partial charge in [-0.2, -0.15) is 0 Å². The van der Waals surface area contributed by atoms with Crippen LogP contribution in [0.15, 0.2) is 24.3 Å². The fourth-order valence-corrected chi connectivity index (χ4v) is 2.06. The molecule has 0 spiro atoms. The van der Waals surface area contributed by atoms with Crippen molar-refractivity contribution >= 4 is 28.5 Å². The highest BCUT2D eigenvalue weighted by Crippen LogP contribution is 2.18. The standard InChI is InChI=1S/C10H12INO/c1-7(12-8(2)13)9-5-3-4-6-10(9)11/h3-7H,1-2H3,(H,12,13). The molecule has 1 amide bonds. The third-order valence-electron chi connectivity index (χ3n) is 1.79. The monoisotopic (exact) mass is 289 g/mol. The van der Waals surface area contributed by atoms with Gasteiger partial charge in [0.25, 0.3) is 0 Å². The first-order chi connectivity index (χ1) is 6.11. The molecule has 0 bridgehead atoms. The van der Waals surface area contributed by atoms with Crippen molar-refractivity contribution in [1.82, 2.24) is 5.32 Å². The Labute approximate surface area is 91.9 Å². The molecular weight excluding hydrogens is 277 g/mol. The van der Waals surface area contributed by atoms with Gasteiger partial charge in [0, 0.05) is 10.5 Å². The predicted molar refractivity (Wildman–Crippen MR) is 61.4 cm³/mol. The molecule has 0 saturated carbocycles. The van der Waals surface area contributed by atoms with E-state index in [0.717, 1.165) is 0 Å². The Morgan fingerprint density at radius 1 is 1.46 bits per heavy atom. The summed E-state index contributed by atoms with van der Waals surface area (Å²) in [4.78, 5) is 10.8. The first-order valence-corrected chi connectivity index (χ1v) is 5.20. The van der Waals surface area contributed by atoms with Crippen molar-refractivity contribution in [2.75, 3.05) is 0 Å². The van der Waals surface area contributed by atoms with Crippen molar-refractivity contribution in [3.05, 3.63) is 33.4 Å². The summed E-state index contributed by atoms with van der Waals surface area (Å²) in [5, 5.41) is 2.86. The molecule has 0 saturated heterocycles. The smallest absolute Gasteiger partial charge is 0.217 e. The lowest BCUT2D eigenvalue weighted by Gasteiger charge is -2.14. The molecule has 1 aromatic rings. The lowest BCUT2D eigenvalue weighted by atomic mass is 10.1. The van der Waals surface area contributed by atoms with Crippen molar-refractivity contribution in [3.8, 4) is 0 Å². The highest BCUT2D eigenvalue weighted by Gasteiger charge is 2.08. The molecule has 0 heterocycles. The molecule has 1 unspecified atom stereocenters. The molecule has 13 heavy (non-hydrogen) atoms. The van der Waals surface area contributed by atoms with E-state index >= 15 is 0 Å². The van der Waals surface area contributed by atoms with Crippen LogP contribution in [0.5, 0.6) is 0 Å². The van der Waals surface area contributed by atoms with Gasteiger partial charge in [0.15, 0.2) is 0 Å². The molecule has 1 N–H and O–H groups in total. The van der Waals surface area contributed by atoms with Crippen molar-refractivity contribution in [3.63, 3.8) is 0 Å². The molecule has 1 aromatic carbocycles. The Morgan fingerprint density at radius 3 is 2.62 bits per heavy atom. The topological polar surface area (TPSA) is 29.1 Å². The van der Waals surface area contributed by atoms with Crippen molar-refractivity contribution in [1.29, 1.82) is 0 Å². The van der Waals surface area contributed by atoms with E-state index in [9.17, 15) is 4.79 Å². The van der Waals surface area contributed by atoms with Gasteiger partial charge in [0.05, 0.1) is 6.04 Å². The van der Waals surface area contributed by atoms with Crippen molar-refractivity contribution < 1.29 is 4.79 Å². The van der Waals surface area contributed by atoms with E-state index in [-0.39, 0.29) is 11.9 Å². The van der Waals surface area contributed by atoms with Gasteiger partial charge in [0.1, 0.15) is 0 Å². The second-order valence-electron chi connectivity index (χ2n) is 2.94. The van der Waals surface area contributed by atoms with Gasteiger partial charge in [0.2, 0.25) is 5.91 Å².